The molecule has 0 saturated carbocycles. The average Bonchev–Trinajstić information content (AvgIpc) is 3.15. The molecule has 6 heteroatoms. The first-order valence-corrected chi connectivity index (χ1v) is 10.8. The third-order valence-corrected chi connectivity index (χ3v) is 5.03. The van der Waals surface area contributed by atoms with E-state index in [-0.39, 0.29) is 12.6 Å². The van der Waals surface area contributed by atoms with Crippen molar-refractivity contribution in [3.8, 4) is 0 Å². The van der Waals surface area contributed by atoms with E-state index in [0.717, 1.165) is 22.0 Å². The fourth-order valence-electron chi connectivity index (χ4n) is 3.41. The third-order valence-electron chi connectivity index (χ3n) is 5.03. The van der Waals surface area contributed by atoms with Gasteiger partial charge in [0.1, 0.15) is 12.6 Å². The van der Waals surface area contributed by atoms with E-state index in [0.29, 0.717) is 33.0 Å². The molecule has 0 saturated heterocycles. The van der Waals surface area contributed by atoms with Crippen LogP contribution < -0.4 is 0 Å². The minimum atomic E-state index is -0.578. The number of benzene rings is 2. The van der Waals surface area contributed by atoms with Crippen molar-refractivity contribution < 1.29 is 23.7 Å². The Morgan fingerprint density at radius 2 is 1.56 bits per heavy atom. The molecule has 6 nitrogen and oxygen atoms in total. The Labute approximate surface area is 189 Å². The van der Waals surface area contributed by atoms with Gasteiger partial charge in [0.15, 0.2) is 0 Å². The van der Waals surface area contributed by atoms with Gasteiger partial charge in [-0.1, -0.05) is 60.7 Å². The van der Waals surface area contributed by atoms with Gasteiger partial charge < -0.3 is 23.5 Å². The highest BCUT2D eigenvalue weighted by Gasteiger charge is 2.21. The van der Waals surface area contributed by atoms with Gasteiger partial charge in [0.25, 0.3) is 0 Å². The standard InChI is InChI=1S/C26H31NO5/c1-21-20-27(24-11-7-6-10-23(21)24)25(13-12-22-8-4-3-5-9-22)26(28)32-19-18-31-17-16-30-15-14-29-2/h3-13,20,25H,14-19H2,1-2H3/b13-12+. The zero-order valence-electron chi connectivity index (χ0n) is 18.7. The van der Waals surface area contributed by atoms with E-state index in [1.807, 2.05) is 78.4 Å². The van der Waals surface area contributed by atoms with Crippen molar-refractivity contribution in [1.82, 2.24) is 4.57 Å². The number of aromatic nitrogens is 1. The highest BCUT2D eigenvalue weighted by atomic mass is 16.6. The molecule has 1 unspecified atom stereocenters. The average molecular weight is 438 g/mol. The Balaban J connectivity index is 1.64. The molecule has 3 rings (SSSR count). The van der Waals surface area contributed by atoms with Crippen molar-refractivity contribution in [3.63, 3.8) is 0 Å². The quantitative estimate of drug-likeness (QED) is 0.293. The SMILES string of the molecule is COCCOCCOCCOC(=O)C(/C=C/c1ccccc1)n1cc(C)c2ccccc21. The van der Waals surface area contributed by atoms with Crippen LogP contribution in [0.1, 0.15) is 17.2 Å². The van der Waals surface area contributed by atoms with E-state index in [9.17, 15) is 4.79 Å². The number of methoxy groups -OCH3 is 1. The molecule has 0 spiro atoms. The van der Waals surface area contributed by atoms with Gasteiger partial charge in [-0.05, 0) is 24.1 Å². The van der Waals surface area contributed by atoms with Gasteiger partial charge in [-0.3, -0.25) is 0 Å². The Morgan fingerprint density at radius 1 is 0.906 bits per heavy atom. The minimum Gasteiger partial charge on any atom is -0.461 e. The number of fused-ring (bicyclic) bond motifs is 1. The predicted molar refractivity (Wildman–Crippen MR) is 126 cm³/mol. The van der Waals surface area contributed by atoms with E-state index >= 15 is 0 Å². The summed E-state index contributed by atoms with van der Waals surface area (Å²) in [6.07, 6.45) is 5.83. The van der Waals surface area contributed by atoms with Crippen LogP contribution in [0.15, 0.2) is 66.9 Å². The summed E-state index contributed by atoms with van der Waals surface area (Å²) >= 11 is 0. The molecule has 0 aliphatic rings. The molecule has 32 heavy (non-hydrogen) atoms. The number of carbonyl (C=O) groups excluding carboxylic acids is 1. The van der Waals surface area contributed by atoms with Crippen LogP contribution in [0.4, 0.5) is 0 Å². The molecule has 3 aromatic rings. The van der Waals surface area contributed by atoms with E-state index in [2.05, 4.69) is 6.07 Å². The van der Waals surface area contributed by atoms with E-state index in [1.165, 1.54) is 0 Å². The lowest BCUT2D eigenvalue weighted by atomic mass is 10.1. The zero-order valence-corrected chi connectivity index (χ0v) is 18.7. The summed E-state index contributed by atoms with van der Waals surface area (Å²) in [6, 6.07) is 17.4. The number of hydrogen-bond acceptors (Lipinski definition) is 5. The van der Waals surface area contributed by atoms with Gasteiger partial charge >= 0.3 is 5.97 Å². The number of rotatable bonds is 13. The molecule has 1 aromatic heterocycles. The fraction of sp³-hybridized carbons (Fsp3) is 0.346. The smallest absolute Gasteiger partial charge is 0.333 e. The van der Waals surface area contributed by atoms with Gasteiger partial charge in [0.05, 0.1) is 33.0 Å². The second-order valence-corrected chi connectivity index (χ2v) is 7.34. The number of esters is 1. The maximum absolute atomic E-state index is 13.0. The lowest BCUT2D eigenvalue weighted by Crippen LogP contribution is -2.22. The second-order valence-electron chi connectivity index (χ2n) is 7.34. The second kappa shape index (κ2) is 12.8. The van der Waals surface area contributed by atoms with Crippen molar-refractivity contribution in [2.45, 2.75) is 13.0 Å². The summed E-state index contributed by atoms with van der Waals surface area (Å²) in [5.41, 5.74) is 3.13. The number of para-hydroxylation sites is 1. The monoisotopic (exact) mass is 437 g/mol. The molecule has 0 aliphatic heterocycles. The van der Waals surface area contributed by atoms with Gasteiger partial charge in [-0.25, -0.2) is 4.79 Å². The van der Waals surface area contributed by atoms with Crippen LogP contribution in [0.2, 0.25) is 0 Å². The van der Waals surface area contributed by atoms with Crippen LogP contribution in [-0.4, -0.2) is 57.3 Å². The van der Waals surface area contributed by atoms with E-state index < -0.39 is 6.04 Å². The number of nitrogens with zero attached hydrogens (tertiary/aromatic N) is 1. The molecule has 1 atom stereocenters. The van der Waals surface area contributed by atoms with Gasteiger partial charge in [-0.2, -0.15) is 0 Å². The summed E-state index contributed by atoms with van der Waals surface area (Å²) in [6.45, 7) is 4.57. The number of aryl methyl sites for hydroxylation is 1. The molecule has 2 aromatic carbocycles. The van der Waals surface area contributed by atoms with Crippen LogP contribution in [-0.2, 0) is 23.7 Å². The number of hydrogen-bond donors (Lipinski definition) is 0. The lowest BCUT2D eigenvalue weighted by Gasteiger charge is -2.16. The highest BCUT2D eigenvalue weighted by molar-refractivity contribution is 5.87. The number of carbonyl (C=O) groups is 1. The van der Waals surface area contributed by atoms with Crippen LogP contribution in [0.3, 0.4) is 0 Å². The first-order valence-electron chi connectivity index (χ1n) is 10.8. The normalized spacial score (nSPS) is 12.4. The Kier molecular flexibility index (Phi) is 9.50. The molecule has 170 valence electrons. The largest absolute Gasteiger partial charge is 0.461 e. The van der Waals surface area contributed by atoms with Crippen LogP contribution in [0.25, 0.3) is 17.0 Å². The molecule has 0 radical (unpaired) electrons. The van der Waals surface area contributed by atoms with E-state index in [4.69, 9.17) is 18.9 Å². The van der Waals surface area contributed by atoms with Gasteiger partial charge in [0, 0.05) is 24.2 Å². The fourth-order valence-corrected chi connectivity index (χ4v) is 3.41. The van der Waals surface area contributed by atoms with Gasteiger partial charge in [-0.15, -0.1) is 0 Å². The summed E-state index contributed by atoms with van der Waals surface area (Å²) in [7, 11) is 1.63. The topological polar surface area (TPSA) is 58.9 Å². The van der Waals surface area contributed by atoms with E-state index in [1.54, 1.807) is 7.11 Å². The number of ether oxygens (including phenoxy) is 4. The Morgan fingerprint density at radius 3 is 2.31 bits per heavy atom. The van der Waals surface area contributed by atoms with Crippen LogP contribution in [0, 0.1) is 6.92 Å². The predicted octanol–water partition coefficient (Wildman–Crippen LogP) is 4.43. The summed E-state index contributed by atoms with van der Waals surface area (Å²) < 4.78 is 23.3. The zero-order chi connectivity index (χ0) is 22.6. The highest BCUT2D eigenvalue weighted by Crippen LogP contribution is 2.26. The van der Waals surface area contributed by atoms with Crippen molar-refractivity contribution in [2.75, 3.05) is 46.8 Å². The van der Waals surface area contributed by atoms with Crippen molar-refractivity contribution in [1.29, 1.82) is 0 Å². The molecular weight excluding hydrogens is 406 g/mol. The van der Waals surface area contributed by atoms with Gasteiger partial charge in [0.2, 0.25) is 0 Å². The molecule has 0 aliphatic carbocycles. The summed E-state index contributed by atoms with van der Waals surface area (Å²) in [5, 5.41) is 1.12. The van der Waals surface area contributed by atoms with Crippen molar-refractivity contribution >= 4 is 22.9 Å². The summed E-state index contributed by atoms with van der Waals surface area (Å²) in [5.74, 6) is -0.321. The van der Waals surface area contributed by atoms with Crippen molar-refractivity contribution in [2.24, 2.45) is 0 Å². The molecule has 0 amide bonds. The minimum absolute atomic E-state index is 0.185. The first kappa shape index (κ1) is 23.7. The first-order chi connectivity index (χ1) is 15.7. The molecular formula is C26H31NO5. The Bertz CT molecular complexity index is 996. The maximum Gasteiger partial charge on any atom is 0.333 e. The molecule has 0 fully saturated rings. The maximum atomic E-state index is 13.0. The Hall–Kier alpha value is -2.93. The molecule has 0 bridgehead atoms. The molecule has 1 heterocycles. The van der Waals surface area contributed by atoms with Crippen LogP contribution in [0.5, 0.6) is 0 Å². The summed E-state index contributed by atoms with van der Waals surface area (Å²) in [4.78, 5) is 13.0. The van der Waals surface area contributed by atoms with Crippen molar-refractivity contribution in [3.05, 3.63) is 78.0 Å². The third kappa shape index (κ3) is 6.79. The lowest BCUT2D eigenvalue weighted by molar-refractivity contribution is -0.147. The molecule has 0 N–H and O–H groups in total. The van der Waals surface area contributed by atoms with Crippen LogP contribution >= 0.6 is 0 Å².